The third kappa shape index (κ3) is 6.66. The number of hydrogen-bond acceptors (Lipinski definition) is 6. The molecule has 6 heteroatoms. The number of furan rings is 1. The Kier molecular flexibility index (Phi) is 7.71. The molecule has 2 aromatic rings. The van der Waals surface area contributed by atoms with Crippen LogP contribution in [0.4, 0.5) is 0 Å². The maximum atomic E-state index is 10.4. The predicted octanol–water partition coefficient (Wildman–Crippen LogP) is 2.85. The second kappa shape index (κ2) is 10.5. The van der Waals surface area contributed by atoms with Crippen molar-refractivity contribution in [1.82, 2.24) is 4.90 Å². The maximum absolute atomic E-state index is 10.4. The molecule has 2 atom stereocenters. The molecule has 1 aliphatic rings. The van der Waals surface area contributed by atoms with Crippen LogP contribution in [-0.4, -0.2) is 55.6 Å². The molecule has 1 aromatic carbocycles. The molecule has 1 saturated heterocycles. The first-order chi connectivity index (χ1) is 13.2. The van der Waals surface area contributed by atoms with Crippen LogP contribution in [0.15, 0.2) is 47.1 Å². The fourth-order valence-corrected chi connectivity index (χ4v) is 3.35. The van der Waals surface area contributed by atoms with Gasteiger partial charge >= 0.3 is 0 Å². The van der Waals surface area contributed by atoms with Gasteiger partial charge in [0.25, 0.3) is 0 Å². The lowest BCUT2D eigenvalue weighted by Gasteiger charge is -2.27. The van der Waals surface area contributed by atoms with Gasteiger partial charge < -0.3 is 23.7 Å². The fourth-order valence-electron chi connectivity index (χ4n) is 3.35. The van der Waals surface area contributed by atoms with E-state index in [9.17, 15) is 5.11 Å². The Bertz CT molecular complexity index is 654. The molecule has 148 valence electrons. The molecular formula is C21H29NO5. The molecule has 27 heavy (non-hydrogen) atoms. The summed E-state index contributed by atoms with van der Waals surface area (Å²) in [6.07, 6.45) is 3.44. The zero-order valence-corrected chi connectivity index (χ0v) is 15.9. The minimum absolute atomic E-state index is 0.229. The van der Waals surface area contributed by atoms with Crippen LogP contribution in [0.1, 0.15) is 24.2 Å². The molecule has 0 saturated carbocycles. The molecule has 1 aliphatic heterocycles. The van der Waals surface area contributed by atoms with Gasteiger partial charge in [-0.3, -0.25) is 4.90 Å². The SMILES string of the molecule is COc1cccc(CN(C[C@@H](O)COCc2ccco2)C[C@H]2CCCO2)c1. The molecule has 1 N–H and O–H groups in total. The number of rotatable bonds is 11. The summed E-state index contributed by atoms with van der Waals surface area (Å²) in [5.74, 6) is 1.60. The molecule has 0 bridgehead atoms. The number of aliphatic hydroxyl groups is 1. The Morgan fingerprint density at radius 2 is 2.22 bits per heavy atom. The summed E-state index contributed by atoms with van der Waals surface area (Å²) in [5.41, 5.74) is 1.15. The molecule has 3 rings (SSSR count). The van der Waals surface area contributed by atoms with Gasteiger partial charge in [-0.1, -0.05) is 12.1 Å². The van der Waals surface area contributed by atoms with Gasteiger partial charge in [0.1, 0.15) is 18.1 Å². The third-order valence-electron chi connectivity index (χ3n) is 4.63. The highest BCUT2D eigenvalue weighted by molar-refractivity contribution is 5.28. The lowest BCUT2D eigenvalue weighted by atomic mass is 10.1. The Labute approximate surface area is 160 Å². The molecule has 1 aromatic heterocycles. The van der Waals surface area contributed by atoms with E-state index in [0.717, 1.165) is 49.6 Å². The summed E-state index contributed by atoms with van der Waals surface area (Å²) < 4.78 is 21.9. The number of hydrogen-bond donors (Lipinski definition) is 1. The number of aliphatic hydroxyl groups excluding tert-OH is 1. The fraction of sp³-hybridized carbons (Fsp3) is 0.524. The second-order valence-electron chi connectivity index (χ2n) is 6.93. The van der Waals surface area contributed by atoms with Gasteiger partial charge in [-0.15, -0.1) is 0 Å². The maximum Gasteiger partial charge on any atom is 0.129 e. The van der Waals surface area contributed by atoms with Crippen molar-refractivity contribution in [3.63, 3.8) is 0 Å². The largest absolute Gasteiger partial charge is 0.497 e. The highest BCUT2D eigenvalue weighted by atomic mass is 16.5. The summed E-state index contributed by atoms with van der Waals surface area (Å²) in [5, 5.41) is 10.4. The van der Waals surface area contributed by atoms with Crippen LogP contribution < -0.4 is 4.74 Å². The molecular weight excluding hydrogens is 346 g/mol. The normalized spacial score (nSPS) is 18.1. The topological polar surface area (TPSA) is 64.3 Å². The summed E-state index contributed by atoms with van der Waals surface area (Å²) in [4.78, 5) is 2.23. The molecule has 0 radical (unpaired) electrons. The van der Waals surface area contributed by atoms with Crippen LogP contribution in [0.5, 0.6) is 5.75 Å². The van der Waals surface area contributed by atoms with Crippen LogP contribution in [0.25, 0.3) is 0 Å². The van der Waals surface area contributed by atoms with E-state index < -0.39 is 6.10 Å². The Morgan fingerprint density at radius 1 is 1.30 bits per heavy atom. The lowest BCUT2D eigenvalue weighted by molar-refractivity contribution is -0.00636. The second-order valence-corrected chi connectivity index (χ2v) is 6.93. The highest BCUT2D eigenvalue weighted by Gasteiger charge is 2.21. The smallest absolute Gasteiger partial charge is 0.129 e. The van der Waals surface area contributed by atoms with Gasteiger partial charge in [-0.2, -0.15) is 0 Å². The van der Waals surface area contributed by atoms with Gasteiger partial charge in [-0.25, -0.2) is 0 Å². The van der Waals surface area contributed by atoms with Crippen molar-refractivity contribution in [2.75, 3.05) is 33.4 Å². The first-order valence-electron chi connectivity index (χ1n) is 9.48. The number of benzene rings is 1. The van der Waals surface area contributed by atoms with E-state index in [1.165, 1.54) is 0 Å². The average Bonchev–Trinajstić information content (AvgIpc) is 3.36. The molecule has 0 spiro atoms. The number of ether oxygens (including phenoxy) is 3. The average molecular weight is 375 g/mol. The minimum atomic E-state index is -0.577. The zero-order valence-electron chi connectivity index (χ0n) is 15.9. The van der Waals surface area contributed by atoms with E-state index >= 15 is 0 Å². The van der Waals surface area contributed by atoms with Crippen LogP contribution in [0.2, 0.25) is 0 Å². The first kappa shape index (κ1) is 19.9. The van der Waals surface area contributed by atoms with Gasteiger partial charge in [0, 0.05) is 26.2 Å². The highest BCUT2D eigenvalue weighted by Crippen LogP contribution is 2.18. The quantitative estimate of drug-likeness (QED) is 0.652. The van der Waals surface area contributed by atoms with Crippen molar-refractivity contribution in [3.8, 4) is 5.75 Å². The van der Waals surface area contributed by atoms with E-state index in [1.54, 1.807) is 13.4 Å². The van der Waals surface area contributed by atoms with Crippen molar-refractivity contribution in [2.45, 2.75) is 38.2 Å². The minimum Gasteiger partial charge on any atom is -0.497 e. The number of nitrogens with zero attached hydrogens (tertiary/aromatic N) is 1. The molecule has 2 heterocycles. The van der Waals surface area contributed by atoms with Crippen molar-refractivity contribution in [2.24, 2.45) is 0 Å². The van der Waals surface area contributed by atoms with Crippen molar-refractivity contribution in [1.29, 1.82) is 0 Å². The molecule has 0 amide bonds. The van der Waals surface area contributed by atoms with E-state index in [1.807, 2.05) is 30.3 Å². The van der Waals surface area contributed by atoms with Gasteiger partial charge in [-0.05, 0) is 42.7 Å². The van der Waals surface area contributed by atoms with Crippen molar-refractivity contribution < 1.29 is 23.7 Å². The Morgan fingerprint density at radius 3 is 2.96 bits per heavy atom. The van der Waals surface area contributed by atoms with Gasteiger partial charge in [0.2, 0.25) is 0 Å². The summed E-state index contributed by atoms with van der Waals surface area (Å²) >= 11 is 0. The summed E-state index contributed by atoms with van der Waals surface area (Å²) in [6, 6.07) is 11.7. The zero-order chi connectivity index (χ0) is 18.9. The summed E-state index contributed by atoms with van der Waals surface area (Å²) in [6.45, 7) is 3.51. The molecule has 0 aliphatic carbocycles. The van der Waals surface area contributed by atoms with Crippen LogP contribution in [0.3, 0.4) is 0 Å². The molecule has 1 fully saturated rings. The van der Waals surface area contributed by atoms with E-state index in [2.05, 4.69) is 11.0 Å². The monoisotopic (exact) mass is 375 g/mol. The lowest BCUT2D eigenvalue weighted by Crippen LogP contribution is -2.39. The van der Waals surface area contributed by atoms with Gasteiger partial charge in [0.15, 0.2) is 0 Å². The van der Waals surface area contributed by atoms with E-state index in [4.69, 9.17) is 18.6 Å². The van der Waals surface area contributed by atoms with Crippen LogP contribution in [0, 0.1) is 0 Å². The molecule has 6 nitrogen and oxygen atoms in total. The number of methoxy groups -OCH3 is 1. The standard InChI is InChI=1S/C21H29NO5/c1-24-19-6-2-5-17(11-19)12-22(14-20-7-3-9-26-20)13-18(23)15-25-16-21-8-4-10-27-21/h2,4-6,8,10-11,18,20,23H,3,7,9,12-16H2,1H3/t18-,20-/m1/s1. The Balaban J connectivity index is 1.53. The molecule has 0 unspecified atom stereocenters. The predicted molar refractivity (Wildman–Crippen MR) is 102 cm³/mol. The summed E-state index contributed by atoms with van der Waals surface area (Å²) in [7, 11) is 1.67. The van der Waals surface area contributed by atoms with E-state index in [-0.39, 0.29) is 12.7 Å². The van der Waals surface area contributed by atoms with Crippen LogP contribution in [-0.2, 0) is 22.6 Å². The van der Waals surface area contributed by atoms with Gasteiger partial charge in [0.05, 0.1) is 32.2 Å². The third-order valence-corrected chi connectivity index (χ3v) is 4.63. The Hall–Kier alpha value is -1.86. The van der Waals surface area contributed by atoms with E-state index in [0.29, 0.717) is 13.2 Å². The van der Waals surface area contributed by atoms with Crippen molar-refractivity contribution >= 4 is 0 Å². The van der Waals surface area contributed by atoms with Crippen LogP contribution >= 0.6 is 0 Å². The van der Waals surface area contributed by atoms with Crippen molar-refractivity contribution in [3.05, 3.63) is 54.0 Å². The first-order valence-corrected chi connectivity index (χ1v) is 9.48.